The fourth-order valence-electron chi connectivity index (χ4n) is 3.63. The molecule has 7 heteroatoms. The van der Waals surface area contributed by atoms with Gasteiger partial charge in [0, 0.05) is 24.4 Å². The number of piperidine rings is 1. The largest absolute Gasteiger partial charge is 0.466 e. The zero-order valence-electron chi connectivity index (χ0n) is 15.8. The highest BCUT2D eigenvalue weighted by Crippen LogP contribution is 2.27. The SMILES string of the molecule is CCOC(=O)C1CCCN(C(=O)C2CSCN2C(=O)c2cccc(C)c2)C1. The average molecular weight is 391 g/mol. The third-order valence-corrected chi connectivity index (χ3v) is 6.06. The van der Waals surface area contributed by atoms with E-state index in [0.717, 1.165) is 18.4 Å². The van der Waals surface area contributed by atoms with Crippen LogP contribution in [0.5, 0.6) is 0 Å². The van der Waals surface area contributed by atoms with Gasteiger partial charge < -0.3 is 14.5 Å². The van der Waals surface area contributed by atoms with E-state index in [1.165, 1.54) is 0 Å². The Morgan fingerprint density at radius 1 is 1.30 bits per heavy atom. The van der Waals surface area contributed by atoms with Crippen molar-refractivity contribution in [3.8, 4) is 0 Å². The lowest BCUT2D eigenvalue weighted by molar-refractivity contribution is -0.151. The molecule has 0 aromatic heterocycles. The number of benzene rings is 1. The summed E-state index contributed by atoms with van der Waals surface area (Å²) in [5, 5.41) is 0. The van der Waals surface area contributed by atoms with E-state index in [2.05, 4.69) is 0 Å². The molecule has 27 heavy (non-hydrogen) atoms. The number of likely N-dealkylation sites (tertiary alicyclic amines) is 1. The standard InChI is InChI=1S/C20H26N2O4S/c1-3-26-20(25)16-8-5-9-21(11-16)19(24)17-12-27-13-22(17)18(23)15-7-4-6-14(2)10-15/h4,6-7,10,16-17H,3,5,8-9,11-13H2,1-2H3. The van der Waals surface area contributed by atoms with Gasteiger partial charge in [-0.15, -0.1) is 11.8 Å². The van der Waals surface area contributed by atoms with Crippen molar-refractivity contribution < 1.29 is 19.1 Å². The third kappa shape index (κ3) is 4.46. The minimum atomic E-state index is -0.469. The molecule has 2 saturated heterocycles. The molecule has 2 aliphatic rings. The molecule has 146 valence electrons. The van der Waals surface area contributed by atoms with E-state index in [1.807, 2.05) is 25.1 Å². The predicted molar refractivity (Wildman–Crippen MR) is 104 cm³/mol. The second-order valence-corrected chi connectivity index (χ2v) is 8.04. The minimum Gasteiger partial charge on any atom is -0.466 e. The van der Waals surface area contributed by atoms with Crippen LogP contribution in [0.25, 0.3) is 0 Å². The van der Waals surface area contributed by atoms with Crippen molar-refractivity contribution in [2.45, 2.75) is 32.7 Å². The second kappa shape index (κ2) is 8.78. The monoisotopic (exact) mass is 390 g/mol. The molecule has 6 nitrogen and oxygen atoms in total. The fraction of sp³-hybridized carbons (Fsp3) is 0.550. The molecule has 2 heterocycles. The number of esters is 1. The molecule has 2 amide bonds. The number of aryl methyl sites for hydroxylation is 1. The summed E-state index contributed by atoms with van der Waals surface area (Å²) in [4.78, 5) is 41.5. The summed E-state index contributed by atoms with van der Waals surface area (Å²) in [6, 6.07) is 6.98. The number of thioether (sulfide) groups is 1. The molecule has 2 unspecified atom stereocenters. The summed E-state index contributed by atoms with van der Waals surface area (Å²) in [6.45, 7) is 5.09. The molecule has 0 N–H and O–H groups in total. The summed E-state index contributed by atoms with van der Waals surface area (Å²) in [7, 11) is 0. The Balaban J connectivity index is 1.69. The van der Waals surface area contributed by atoms with Crippen LogP contribution >= 0.6 is 11.8 Å². The van der Waals surface area contributed by atoms with Gasteiger partial charge in [-0.25, -0.2) is 0 Å². The number of amides is 2. The van der Waals surface area contributed by atoms with Crippen LogP contribution in [-0.2, 0) is 14.3 Å². The fourth-order valence-corrected chi connectivity index (χ4v) is 4.78. The van der Waals surface area contributed by atoms with Crippen molar-refractivity contribution in [1.82, 2.24) is 9.80 Å². The van der Waals surface area contributed by atoms with Crippen LogP contribution in [0.15, 0.2) is 24.3 Å². The zero-order valence-corrected chi connectivity index (χ0v) is 16.7. The zero-order chi connectivity index (χ0) is 19.4. The van der Waals surface area contributed by atoms with Crippen molar-refractivity contribution in [1.29, 1.82) is 0 Å². The number of hydrogen-bond donors (Lipinski definition) is 0. The molecule has 1 aromatic rings. The number of carbonyl (C=O) groups excluding carboxylic acids is 3. The van der Waals surface area contributed by atoms with Crippen LogP contribution in [0.3, 0.4) is 0 Å². The van der Waals surface area contributed by atoms with E-state index < -0.39 is 6.04 Å². The van der Waals surface area contributed by atoms with Crippen molar-refractivity contribution >= 4 is 29.5 Å². The van der Waals surface area contributed by atoms with Crippen LogP contribution in [0.1, 0.15) is 35.7 Å². The Labute approximate surface area is 164 Å². The molecule has 2 atom stereocenters. The Morgan fingerprint density at radius 2 is 2.11 bits per heavy atom. The van der Waals surface area contributed by atoms with Gasteiger partial charge in [-0.3, -0.25) is 14.4 Å². The smallest absolute Gasteiger partial charge is 0.310 e. The van der Waals surface area contributed by atoms with Crippen LogP contribution in [0, 0.1) is 12.8 Å². The first kappa shape index (κ1) is 19.7. The highest BCUT2D eigenvalue weighted by Gasteiger charge is 2.39. The molecule has 1 aromatic carbocycles. The maximum absolute atomic E-state index is 13.1. The molecule has 0 bridgehead atoms. The normalized spacial score (nSPS) is 22.6. The molecule has 3 rings (SSSR count). The Hall–Kier alpha value is -2.02. The van der Waals surface area contributed by atoms with Crippen LogP contribution in [0.2, 0.25) is 0 Å². The van der Waals surface area contributed by atoms with Gasteiger partial charge >= 0.3 is 5.97 Å². The van der Waals surface area contributed by atoms with Gasteiger partial charge in [0.25, 0.3) is 5.91 Å². The Bertz CT molecular complexity index is 724. The van der Waals surface area contributed by atoms with Gasteiger partial charge in [0.1, 0.15) is 6.04 Å². The van der Waals surface area contributed by atoms with Crippen molar-refractivity contribution in [3.05, 3.63) is 35.4 Å². The van der Waals surface area contributed by atoms with Crippen LogP contribution in [-0.4, -0.2) is 65.0 Å². The summed E-state index contributed by atoms with van der Waals surface area (Å²) in [6.07, 6.45) is 1.52. The van der Waals surface area contributed by atoms with Gasteiger partial charge in [-0.1, -0.05) is 17.7 Å². The highest BCUT2D eigenvalue weighted by atomic mass is 32.2. The number of carbonyl (C=O) groups is 3. The maximum Gasteiger partial charge on any atom is 0.310 e. The molecular formula is C20H26N2O4S. The van der Waals surface area contributed by atoms with E-state index in [1.54, 1.807) is 34.6 Å². The first-order chi connectivity index (χ1) is 13.0. The van der Waals surface area contributed by atoms with E-state index in [4.69, 9.17) is 4.74 Å². The minimum absolute atomic E-state index is 0.0602. The van der Waals surface area contributed by atoms with E-state index in [0.29, 0.717) is 36.9 Å². The lowest BCUT2D eigenvalue weighted by atomic mass is 9.97. The van der Waals surface area contributed by atoms with Crippen molar-refractivity contribution in [3.63, 3.8) is 0 Å². The number of nitrogens with zero attached hydrogens (tertiary/aromatic N) is 2. The van der Waals surface area contributed by atoms with E-state index in [9.17, 15) is 14.4 Å². The predicted octanol–water partition coefficient (Wildman–Crippen LogP) is 2.31. The van der Waals surface area contributed by atoms with Crippen molar-refractivity contribution in [2.75, 3.05) is 31.3 Å². The van der Waals surface area contributed by atoms with Crippen molar-refractivity contribution in [2.24, 2.45) is 5.92 Å². The first-order valence-corrected chi connectivity index (χ1v) is 10.6. The molecule has 0 saturated carbocycles. The Kier molecular flexibility index (Phi) is 6.42. The first-order valence-electron chi connectivity index (χ1n) is 9.42. The molecule has 2 fully saturated rings. The average Bonchev–Trinajstić information content (AvgIpc) is 3.17. The quantitative estimate of drug-likeness (QED) is 0.738. The van der Waals surface area contributed by atoms with Crippen LogP contribution in [0.4, 0.5) is 0 Å². The van der Waals surface area contributed by atoms with E-state index >= 15 is 0 Å². The maximum atomic E-state index is 13.1. The molecule has 0 spiro atoms. The topological polar surface area (TPSA) is 66.9 Å². The lowest BCUT2D eigenvalue weighted by Gasteiger charge is -2.35. The molecule has 0 radical (unpaired) electrons. The number of hydrogen-bond acceptors (Lipinski definition) is 5. The summed E-state index contributed by atoms with van der Waals surface area (Å²) in [5.41, 5.74) is 1.63. The highest BCUT2D eigenvalue weighted by molar-refractivity contribution is 7.99. The van der Waals surface area contributed by atoms with Gasteiger partial charge in [0.2, 0.25) is 5.91 Å². The van der Waals surface area contributed by atoms with Crippen LogP contribution < -0.4 is 0 Å². The van der Waals surface area contributed by atoms with Gasteiger partial charge in [0.15, 0.2) is 0 Å². The van der Waals surface area contributed by atoms with E-state index in [-0.39, 0.29) is 23.7 Å². The lowest BCUT2D eigenvalue weighted by Crippen LogP contribution is -2.52. The Morgan fingerprint density at radius 3 is 2.85 bits per heavy atom. The number of rotatable bonds is 4. The van der Waals surface area contributed by atoms with Gasteiger partial charge in [-0.05, 0) is 38.8 Å². The third-order valence-electron chi connectivity index (χ3n) is 5.05. The molecule has 0 aliphatic carbocycles. The summed E-state index contributed by atoms with van der Waals surface area (Å²) in [5.74, 6) is 0.437. The summed E-state index contributed by atoms with van der Waals surface area (Å²) < 4.78 is 5.12. The molecular weight excluding hydrogens is 364 g/mol. The summed E-state index contributed by atoms with van der Waals surface area (Å²) >= 11 is 1.59. The molecule has 2 aliphatic heterocycles. The second-order valence-electron chi connectivity index (χ2n) is 7.04. The van der Waals surface area contributed by atoms with Gasteiger partial charge in [0.05, 0.1) is 18.4 Å². The van der Waals surface area contributed by atoms with Gasteiger partial charge in [-0.2, -0.15) is 0 Å². The number of ether oxygens (including phenoxy) is 1.